The van der Waals surface area contributed by atoms with E-state index in [1.807, 2.05) is 17.3 Å². The van der Waals surface area contributed by atoms with E-state index in [2.05, 4.69) is 9.97 Å². The van der Waals surface area contributed by atoms with E-state index in [0.717, 1.165) is 24.0 Å². The minimum absolute atomic E-state index is 0.0785. The van der Waals surface area contributed by atoms with Gasteiger partial charge in [0.2, 0.25) is 0 Å². The van der Waals surface area contributed by atoms with Gasteiger partial charge >= 0.3 is 5.97 Å². The molecule has 132 valence electrons. The highest BCUT2D eigenvalue weighted by Gasteiger charge is 2.33. The van der Waals surface area contributed by atoms with Gasteiger partial charge in [-0.3, -0.25) is 4.79 Å². The first kappa shape index (κ1) is 15.9. The van der Waals surface area contributed by atoms with Gasteiger partial charge in [-0.15, -0.1) is 0 Å². The highest BCUT2D eigenvalue weighted by molar-refractivity contribution is 5.96. The van der Waals surface area contributed by atoms with Crippen LogP contribution in [0.5, 0.6) is 0 Å². The summed E-state index contributed by atoms with van der Waals surface area (Å²) in [6, 6.07) is 0. The molecule has 1 N–H and O–H groups in total. The smallest absolute Gasteiger partial charge is 0.360 e. The highest BCUT2D eigenvalue weighted by atomic mass is 16.5. The van der Waals surface area contributed by atoms with Crippen LogP contribution in [0.3, 0.4) is 0 Å². The molecule has 7 heteroatoms. The van der Waals surface area contributed by atoms with Gasteiger partial charge in [0.25, 0.3) is 5.91 Å². The molecule has 7 nitrogen and oxygen atoms in total. The number of ether oxygens (including phenoxy) is 1. The molecular formula is C18H21N3O4. The van der Waals surface area contributed by atoms with Crippen molar-refractivity contribution in [3.63, 3.8) is 0 Å². The quantitative estimate of drug-likeness (QED) is 0.862. The average Bonchev–Trinajstić information content (AvgIpc) is 3.18. The summed E-state index contributed by atoms with van der Waals surface area (Å²) in [5.74, 6) is 0.796. The summed E-state index contributed by atoms with van der Waals surface area (Å²) >= 11 is 0. The third-order valence-electron chi connectivity index (χ3n) is 5.15. The number of carbonyl (C=O) groups is 2. The van der Waals surface area contributed by atoms with Crippen LogP contribution in [-0.2, 0) is 4.74 Å². The summed E-state index contributed by atoms with van der Waals surface area (Å²) in [4.78, 5) is 33.5. The number of amides is 1. The summed E-state index contributed by atoms with van der Waals surface area (Å²) in [5.41, 5.74) is 2.19. The van der Waals surface area contributed by atoms with Gasteiger partial charge in [-0.05, 0) is 37.2 Å². The Hall–Kier alpha value is -2.57. The molecule has 1 saturated carbocycles. The molecule has 1 saturated heterocycles. The number of piperidine rings is 1. The molecule has 1 aliphatic carbocycles. The van der Waals surface area contributed by atoms with Crippen LogP contribution in [0, 0.1) is 0 Å². The first-order valence-electron chi connectivity index (χ1n) is 8.66. The van der Waals surface area contributed by atoms with E-state index in [4.69, 9.17) is 9.15 Å². The molecule has 2 aromatic rings. The summed E-state index contributed by atoms with van der Waals surface area (Å²) in [7, 11) is 1.33. The molecular weight excluding hydrogens is 322 g/mol. The molecule has 3 heterocycles. The van der Waals surface area contributed by atoms with Gasteiger partial charge in [-0.2, -0.15) is 0 Å². The van der Waals surface area contributed by atoms with Crippen LogP contribution in [0.4, 0.5) is 0 Å². The number of rotatable bonds is 4. The van der Waals surface area contributed by atoms with Gasteiger partial charge in [0, 0.05) is 31.4 Å². The maximum atomic E-state index is 12.8. The Morgan fingerprint density at radius 2 is 1.96 bits per heavy atom. The van der Waals surface area contributed by atoms with E-state index < -0.39 is 5.97 Å². The fourth-order valence-electron chi connectivity index (χ4n) is 3.60. The molecule has 0 aromatic carbocycles. The SMILES string of the molecule is COC(=O)c1ncoc1C1CCN(C(=O)c2c[nH]cc2C2CC2)CC1. The molecule has 4 rings (SSSR count). The topological polar surface area (TPSA) is 88.4 Å². The molecule has 1 amide bonds. The largest absolute Gasteiger partial charge is 0.464 e. The number of nitrogens with zero attached hydrogens (tertiary/aromatic N) is 2. The van der Waals surface area contributed by atoms with Crippen molar-refractivity contribution in [1.29, 1.82) is 0 Å². The number of aromatic nitrogens is 2. The van der Waals surface area contributed by atoms with E-state index in [9.17, 15) is 9.59 Å². The Bertz CT molecular complexity index is 782. The van der Waals surface area contributed by atoms with Crippen LogP contribution >= 0.6 is 0 Å². The summed E-state index contributed by atoms with van der Waals surface area (Å²) < 4.78 is 10.2. The number of nitrogens with one attached hydrogen (secondary N) is 1. The number of oxazole rings is 1. The second-order valence-corrected chi connectivity index (χ2v) is 6.72. The molecule has 0 atom stereocenters. The number of carbonyl (C=O) groups excluding carboxylic acids is 2. The Morgan fingerprint density at radius 3 is 2.64 bits per heavy atom. The number of hydrogen-bond acceptors (Lipinski definition) is 5. The van der Waals surface area contributed by atoms with Crippen molar-refractivity contribution >= 4 is 11.9 Å². The highest BCUT2D eigenvalue weighted by Crippen LogP contribution is 2.42. The maximum Gasteiger partial charge on any atom is 0.360 e. The van der Waals surface area contributed by atoms with Crippen LogP contribution in [0.2, 0.25) is 0 Å². The van der Waals surface area contributed by atoms with Crippen molar-refractivity contribution < 1.29 is 18.7 Å². The van der Waals surface area contributed by atoms with E-state index >= 15 is 0 Å². The number of H-pyrrole nitrogens is 1. The maximum absolute atomic E-state index is 12.8. The lowest BCUT2D eigenvalue weighted by Crippen LogP contribution is -2.38. The van der Waals surface area contributed by atoms with Gasteiger partial charge in [0.05, 0.1) is 12.7 Å². The first-order valence-corrected chi connectivity index (χ1v) is 8.66. The van der Waals surface area contributed by atoms with Gasteiger partial charge in [-0.1, -0.05) is 0 Å². The number of hydrogen-bond donors (Lipinski definition) is 1. The Kier molecular flexibility index (Phi) is 4.07. The fourth-order valence-corrected chi connectivity index (χ4v) is 3.60. The minimum Gasteiger partial charge on any atom is -0.464 e. The monoisotopic (exact) mass is 343 g/mol. The van der Waals surface area contributed by atoms with Crippen LogP contribution < -0.4 is 0 Å². The van der Waals surface area contributed by atoms with Crippen LogP contribution in [0.1, 0.15) is 69.7 Å². The predicted octanol–water partition coefficient (Wildman–Crippen LogP) is 2.69. The summed E-state index contributed by atoms with van der Waals surface area (Å²) in [5, 5.41) is 0. The Labute approximate surface area is 145 Å². The van der Waals surface area contributed by atoms with Crippen molar-refractivity contribution in [2.24, 2.45) is 0 Å². The lowest BCUT2D eigenvalue weighted by atomic mass is 9.92. The number of esters is 1. The second-order valence-electron chi connectivity index (χ2n) is 6.72. The van der Waals surface area contributed by atoms with Crippen molar-refractivity contribution in [3.05, 3.63) is 41.4 Å². The molecule has 2 aliphatic rings. The number of methoxy groups -OCH3 is 1. The van der Waals surface area contributed by atoms with Gasteiger partial charge in [-0.25, -0.2) is 9.78 Å². The normalized spacial score (nSPS) is 18.4. The first-order chi connectivity index (χ1) is 12.2. The van der Waals surface area contributed by atoms with Crippen LogP contribution in [0.25, 0.3) is 0 Å². The molecule has 25 heavy (non-hydrogen) atoms. The van der Waals surface area contributed by atoms with Gasteiger partial charge in [0.1, 0.15) is 5.76 Å². The molecule has 0 unspecified atom stereocenters. The molecule has 0 bridgehead atoms. The predicted molar refractivity (Wildman–Crippen MR) is 88.5 cm³/mol. The zero-order chi connectivity index (χ0) is 17.4. The zero-order valence-electron chi connectivity index (χ0n) is 14.2. The van der Waals surface area contributed by atoms with Crippen LogP contribution in [-0.4, -0.2) is 46.9 Å². The fraction of sp³-hybridized carbons (Fsp3) is 0.500. The molecule has 2 fully saturated rings. The summed E-state index contributed by atoms with van der Waals surface area (Å²) in [6.07, 6.45) is 8.87. The minimum atomic E-state index is -0.483. The van der Waals surface area contributed by atoms with Crippen molar-refractivity contribution in [3.8, 4) is 0 Å². The van der Waals surface area contributed by atoms with Gasteiger partial charge < -0.3 is 19.0 Å². The van der Waals surface area contributed by atoms with Crippen molar-refractivity contribution in [2.75, 3.05) is 20.2 Å². The lowest BCUT2D eigenvalue weighted by Gasteiger charge is -2.31. The van der Waals surface area contributed by atoms with E-state index in [-0.39, 0.29) is 17.5 Å². The molecule has 0 radical (unpaired) electrons. The second kappa shape index (κ2) is 6.38. The van der Waals surface area contributed by atoms with Crippen molar-refractivity contribution in [2.45, 2.75) is 37.5 Å². The Balaban J connectivity index is 1.43. The lowest BCUT2D eigenvalue weighted by molar-refractivity contribution is 0.0586. The van der Waals surface area contributed by atoms with E-state index in [1.54, 1.807) is 0 Å². The molecule has 2 aromatic heterocycles. The van der Waals surface area contributed by atoms with Crippen LogP contribution in [0.15, 0.2) is 23.2 Å². The van der Waals surface area contributed by atoms with Gasteiger partial charge in [0.15, 0.2) is 12.1 Å². The van der Waals surface area contributed by atoms with Crippen molar-refractivity contribution in [1.82, 2.24) is 14.9 Å². The Morgan fingerprint density at radius 1 is 1.20 bits per heavy atom. The molecule has 1 aliphatic heterocycles. The van der Waals surface area contributed by atoms with E-state index in [0.29, 0.717) is 24.8 Å². The average molecular weight is 343 g/mol. The number of likely N-dealkylation sites (tertiary alicyclic amines) is 1. The third-order valence-corrected chi connectivity index (χ3v) is 5.15. The number of aromatic amines is 1. The zero-order valence-corrected chi connectivity index (χ0v) is 14.2. The summed E-state index contributed by atoms with van der Waals surface area (Å²) in [6.45, 7) is 1.28. The van der Waals surface area contributed by atoms with E-state index in [1.165, 1.54) is 26.3 Å². The standard InChI is InChI=1S/C18H21N3O4/c1-24-18(23)15-16(25-10-20-15)12-4-6-21(7-5-12)17(22)14-9-19-8-13(14)11-2-3-11/h8-12,19H,2-7H2,1H3. The third kappa shape index (κ3) is 2.94. The molecule has 0 spiro atoms.